The van der Waals surface area contributed by atoms with Crippen molar-refractivity contribution in [2.75, 3.05) is 0 Å². The van der Waals surface area contributed by atoms with Crippen LogP contribution in [0.3, 0.4) is 0 Å². The van der Waals surface area contributed by atoms with Gasteiger partial charge < -0.3 is 15.3 Å². The lowest BCUT2D eigenvalue weighted by Gasteiger charge is -2.51. The summed E-state index contributed by atoms with van der Waals surface area (Å²) in [7, 11) is 0. The molecule has 3 nitrogen and oxygen atoms in total. The summed E-state index contributed by atoms with van der Waals surface area (Å²) in [4.78, 5) is 0. The van der Waals surface area contributed by atoms with Crippen molar-refractivity contribution in [1.29, 1.82) is 0 Å². The van der Waals surface area contributed by atoms with Crippen molar-refractivity contribution >= 4 is 0 Å². The van der Waals surface area contributed by atoms with E-state index in [0.717, 1.165) is 0 Å². The van der Waals surface area contributed by atoms with Gasteiger partial charge in [-0.05, 0) is 54.3 Å². The van der Waals surface area contributed by atoms with E-state index < -0.39 is 16.8 Å². The summed E-state index contributed by atoms with van der Waals surface area (Å²) >= 11 is 0. The first-order chi connectivity index (χ1) is 12.0. The average Bonchev–Trinajstić information content (AvgIpc) is 2.51. The highest BCUT2D eigenvalue weighted by atomic mass is 16.3. The number of aliphatic hydroxyl groups is 3. The fourth-order valence-electron chi connectivity index (χ4n) is 5.07. The van der Waals surface area contributed by atoms with Gasteiger partial charge in [-0.25, -0.2) is 0 Å². The summed E-state index contributed by atoms with van der Waals surface area (Å²) < 4.78 is 0. The third kappa shape index (κ3) is 5.48. The van der Waals surface area contributed by atoms with Crippen molar-refractivity contribution in [1.82, 2.24) is 0 Å². The average molecular weight is 387 g/mol. The molecule has 0 aliphatic heterocycles. The predicted molar refractivity (Wildman–Crippen MR) is 117 cm³/mol. The molecule has 0 saturated carbocycles. The summed E-state index contributed by atoms with van der Waals surface area (Å²) in [5, 5.41) is 34.9. The van der Waals surface area contributed by atoms with Gasteiger partial charge in [0.25, 0.3) is 0 Å². The minimum absolute atomic E-state index is 0.0367. The molecule has 0 aromatic heterocycles. The van der Waals surface area contributed by atoms with Crippen LogP contribution in [0.25, 0.3) is 0 Å². The molecule has 0 aromatic rings. The van der Waals surface area contributed by atoms with Crippen LogP contribution in [0.2, 0.25) is 0 Å². The van der Waals surface area contributed by atoms with Gasteiger partial charge in [-0.15, -0.1) is 0 Å². The zero-order valence-electron chi connectivity index (χ0n) is 20.3. The van der Waals surface area contributed by atoms with E-state index >= 15 is 0 Å². The van der Waals surface area contributed by atoms with Crippen molar-refractivity contribution in [3.05, 3.63) is 0 Å². The molecule has 0 spiro atoms. The van der Waals surface area contributed by atoms with Crippen LogP contribution < -0.4 is 0 Å². The Bertz CT molecular complexity index is 383. The minimum Gasteiger partial charge on any atom is -0.389 e. The smallest absolute Gasteiger partial charge is 0.0723 e. The molecule has 0 unspecified atom stereocenters. The molecule has 0 fully saturated rings. The topological polar surface area (TPSA) is 60.7 Å². The molecule has 0 saturated heterocycles. The summed E-state index contributed by atoms with van der Waals surface area (Å²) in [6.07, 6.45) is 0.994. The molecule has 0 amide bonds. The van der Waals surface area contributed by atoms with Crippen LogP contribution in [0, 0.1) is 41.4 Å². The van der Waals surface area contributed by atoms with Gasteiger partial charge in [0, 0.05) is 0 Å². The maximum Gasteiger partial charge on any atom is 0.0723 e. The quantitative estimate of drug-likeness (QED) is 0.438. The lowest BCUT2D eigenvalue weighted by molar-refractivity contribution is -0.169. The Morgan fingerprint density at radius 1 is 0.444 bits per heavy atom. The maximum atomic E-state index is 11.9. The molecule has 0 atom stereocenters. The lowest BCUT2D eigenvalue weighted by Crippen LogP contribution is -2.56. The molecule has 0 heterocycles. The molecule has 3 heteroatoms. The minimum atomic E-state index is -0.949. The molecule has 0 aromatic carbocycles. The van der Waals surface area contributed by atoms with Gasteiger partial charge >= 0.3 is 0 Å². The van der Waals surface area contributed by atoms with Crippen molar-refractivity contribution < 1.29 is 15.3 Å². The fourth-order valence-corrected chi connectivity index (χ4v) is 5.07. The van der Waals surface area contributed by atoms with Gasteiger partial charge in [0.2, 0.25) is 0 Å². The van der Waals surface area contributed by atoms with Gasteiger partial charge in [0.1, 0.15) is 0 Å². The Morgan fingerprint density at radius 2 is 0.667 bits per heavy atom. The zero-order chi connectivity index (χ0) is 22.0. The van der Waals surface area contributed by atoms with E-state index in [4.69, 9.17) is 0 Å². The summed E-state index contributed by atoms with van der Waals surface area (Å²) in [5.74, 6) is 0.195. The first kappa shape index (κ1) is 26.9. The van der Waals surface area contributed by atoms with E-state index in [0.29, 0.717) is 12.8 Å². The van der Waals surface area contributed by atoms with Crippen molar-refractivity contribution in [2.45, 2.75) is 113 Å². The second kappa shape index (κ2) is 9.59. The molecule has 0 aliphatic carbocycles. The summed E-state index contributed by atoms with van der Waals surface area (Å²) in [6.45, 7) is 24.7. The number of hydrogen-bond acceptors (Lipinski definition) is 3. The largest absolute Gasteiger partial charge is 0.389 e. The Balaban J connectivity index is 6.35. The molecule has 0 radical (unpaired) electrons. The molecule has 0 rings (SSSR count). The highest BCUT2D eigenvalue weighted by Gasteiger charge is 2.51. The molecule has 164 valence electrons. The summed E-state index contributed by atoms with van der Waals surface area (Å²) in [5.41, 5.74) is -2.70. The number of hydrogen-bond donors (Lipinski definition) is 3. The van der Waals surface area contributed by atoms with Crippen LogP contribution in [0.4, 0.5) is 0 Å². The lowest BCUT2D eigenvalue weighted by atomic mass is 9.60. The molecule has 3 N–H and O–H groups in total. The molecule has 27 heavy (non-hydrogen) atoms. The van der Waals surface area contributed by atoms with E-state index in [-0.39, 0.29) is 41.4 Å². The monoisotopic (exact) mass is 386 g/mol. The first-order valence-electron chi connectivity index (χ1n) is 11.1. The molecular formula is C24H50O3. The van der Waals surface area contributed by atoms with Gasteiger partial charge in [0.05, 0.1) is 16.8 Å². The third-order valence-corrected chi connectivity index (χ3v) is 7.65. The van der Waals surface area contributed by atoms with E-state index in [1.54, 1.807) is 0 Å². The normalized spacial score (nSPS) is 14.9. The molecule has 0 aliphatic rings. The third-order valence-electron chi connectivity index (χ3n) is 7.65. The van der Waals surface area contributed by atoms with Crippen LogP contribution in [-0.4, -0.2) is 32.1 Å². The van der Waals surface area contributed by atoms with Crippen molar-refractivity contribution in [3.63, 3.8) is 0 Å². The first-order valence-corrected chi connectivity index (χ1v) is 11.1. The van der Waals surface area contributed by atoms with Gasteiger partial charge in [-0.3, -0.25) is 0 Å². The Hall–Kier alpha value is -0.120. The molecule has 0 bridgehead atoms. The van der Waals surface area contributed by atoms with Crippen LogP contribution in [0.1, 0.15) is 95.9 Å². The van der Waals surface area contributed by atoms with E-state index in [1.165, 1.54) is 0 Å². The van der Waals surface area contributed by atoms with Gasteiger partial charge in [0.15, 0.2) is 0 Å². The number of rotatable bonds is 11. The Morgan fingerprint density at radius 3 is 0.815 bits per heavy atom. The van der Waals surface area contributed by atoms with Gasteiger partial charge in [-0.1, -0.05) is 83.1 Å². The standard InChI is InChI=1S/C24H50O3/c1-15(2)22(25,16(3)4)13-21(24(27,19(9)10)20(11)12)14-23(26,17(5)6)18(7)8/h15-21,25-27H,13-14H2,1-12H3. The van der Waals surface area contributed by atoms with Crippen molar-refractivity contribution in [2.24, 2.45) is 41.4 Å². The van der Waals surface area contributed by atoms with Crippen LogP contribution in [0.15, 0.2) is 0 Å². The van der Waals surface area contributed by atoms with Gasteiger partial charge in [-0.2, -0.15) is 0 Å². The Kier molecular flexibility index (Phi) is 9.54. The Labute approximate surface area is 170 Å². The van der Waals surface area contributed by atoms with Crippen molar-refractivity contribution in [3.8, 4) is 0 Å². The predicted octanol–water partition coefficient (Wildman–Crippen LogP) is 5.51. The summed E-state index contributed by atoms with van der Waals surface area (Å²) in [6, 6.07) is 0. The highest BCUT2D eigenvalue weighted by Crippen LogP contribution is 2.47. The molecular weight excluding hydrogens is 336 g/mol. The zero-order valence-corrected chi connectivity index (χ0v) is 20.3. The van der Waals surface area contributed by atoms with E-state index in [2.05, 4.69) is 83.1 Å². The van der Waals surface area contributed by atoms with E-state index in [9.17, 15) is 15.3 Å². The van der Waals surface area contributed by atoms with E-state index in [1.807, 2.05) is 0 Å². The fraction of sp³-hybridized carbons (Fsp3) is 1.00. The SMILES string of the molecule is CC(C)C(O)(CC(CC(O)(C(C)C)C(C)C)C(O)(C(C)C)C(C)C)C(C)C. The second-order valence-corrected chi connectivity index (χ2v) is 10.9. The highest BCUT2D eigenvalue weighted by molar-refractivity contribution is 5.01. The van der Waals surface area contributed by atoms with Crippen LogP contribution in [-0.2, 0) is 0 Å². The second-order valence-electron chi connectivity index (χ2n) is 10.9. The maximum absolute atomic E-state index is 11.9. The van der Waals surface area contributed by atoms with Crippen LogP contribution >= 0.6 is 0 Å². The van der Waals surface area contributed by atoms with Crippen LogP contribution in [0.5, 0.6) is 0 Å².